The number of benzene rings is 7. The lowest BCUT2D eigenvalue weighted by Gasteiger charge is -2.27. The van der Waals surface area contributed by atoms with Crippen molar-refractivity contribution in [2.45, 2.75) is 45.9 Å². The van der Waals surface area contributed by atoms with Crippen molar-refractivity contribution in [2.75, 3.05) is 16.5 Å². The summed E-state index contributed by atoms with van der Waals surface area (Å²) in [4.78, 5) is 9.37. The molecule has 306 valence electrons. The lowest BCUT2D eigenvalue weighted by atomic mass is 9.88. The van der Waals surface area contributed by atoms with E-state index in [2.05, 4.69) is 102 Å². The number of rotatable bonds is 8. The highest BCUT2D eigenvalue weighted by molar-refractivity contribution is 6.09. The number of anilines is 4. The third-order valence-corrected chi connectivity index (χ3v) is 11.9. The molecule has 10 rings (SSSR count). The lowest BCUT2D eigenvalue weighted by molar-refractivity contribution is 0.482. The zero-order valence-corrected chi connectivity index (χ0v) is 35.3. The van der Waals surface area contributed by atoms with Crippen molar-refractivity contribution < 1.29 is 14.9 Å². The van der Waals surface area contributed by atoms with Crippen LogP contribution >= 0.6 is 0 Å². The first kappa shape index (κ1) is 37.7. The quantitative estimate of drug-likeness (QED) is 0.153. The molecule has 62 heavy (non-hydrogen) atoms. The topological polar surface area (TPSA) is 33.5 Å². The Labute approximate surface area is 362 Å². The van der Waals surface area contributed by atoms with Crippen LogP contribution in [0.3, 0.4) is 0 Å². The largest absolute Gasteiger partial charge is 0.457 e. The first-order chi connectivity index (χ1) is 30.3. The summed E-state index contributed by atoms with van der Waals surface area (Å²) in [6, 6.07) is 52.3. The van der Waals surface area contributed by atoms with Gasteiger partial charge < -0.3 is 14.5 Å². The fourth-order valence-electron chi connectivity index (χ4n) is 8.68. The summed E-state index contributed by atoms with van der Waals surface area (Å²) >= 11 is 0. The second-order valence-corrected chi connectivity index (χ2v) is 17.2. The standard InChI is InChI=1S/C55H46F2N4O/c1-35(2)38-29-42(32-44(30-38)62-43-25-26-48-47-11-6-7-14-49(47)61(52(48)33-43)53-31-39(27-28-58-53)55(3,4)5)59-34-60(51-16-9-8-15-50(51)59)54-45(36-17-21-40(56)22-18-36)12-10-13-46(54)37-19-23-41(57)24-20-37/h6-33,35H,34H2,1-5H3/i35D. The van der Waals surface area contributed by atoms with Gasteiger partial charge in [0.15, 0.2) is 0 Å². The highest BCUT2D eigenvalue weighted by atomic mass is 19.1. The van der Waals surface area contributed by atoms with Gasteiger partial charge in [-0.25, -0.2) is 13.8 Å². The van der Waals surface area contributed by atoms with Gasteiger partial charge in [0, 0.05) is 47.3 Å². The molecular weight excluding hydrogens is 771 g/mol. The third kappa shape index (κ3) is 7.03. The van der Waals surface area contributed by atoms with Gasteiger partial charge in [0.05, 0.1) is 28.1 Å². The summed E-state index contributed by atoms with van der Waals surface area (Å²) in [7, 11) is 0. The number of hydrogen-bond donors (Lipinski definition) is 0. The summed E-state index contributed by atoms with van der Waals surface area (Å²) in [6.45, 7) is 10.8. The molecule has 0 fully saturated rings. The molecule has 0 saturated carbocycles. The summed E-state index contributed by atoms with van der Waals surface area (Å²) in [5.74, 6) is 0.531. The Balaban J connectivity index is 1.09. The molecule has 1 aliphatic heterocycles. The van der Waals surface area contributed by atoms with Gasteiger partial charge in [-0.3, -0.25) is 4.57 Å². The zero-order valence-electron chi connectivity index (χ0n) is 36.3. The number of para-hydroxylation sites is 4. The lowest BCUT2D eigenvalue weighted by Crippen LogP contribution is -2.25. The van der Waals surface area contributed by atoms with E-state index >= 15 is 0 Å². The average Bonchev–Trinajstić information content (AvgIpc) is 3.82. The van der Waals surface area contributed by atoms with Crippen molar-refractivity contribution in [3.8, 4) is 39.6 Å². The Morgan fingerprint density at radius 2 is 1.24 bits per heavy atom. The monoisotopic (exact) mass is 817 g/mol. The Morgan fingerprint density at radius 3 is 1.90 bits per heavy atom. The summed E-state index contributed by atoms with van der Waals surface area (Å²) < 4.78 is 46.8. The van der Waals surface area contributed by atoms with Gasteiger partial charge in [-0.1, -0.05) is 107 Å². The van der Waals surface area contributed by atoms with Gasteiger partial charge in [-0.15, -0.1) is 0 Å². The molecular formula is C55H46F2N4O. The first-order valence-corrected chi connectivity index (χ1v) is 20.9. The molecule has 7 aromatic carbocycles. The van der Waals surface area contributed by atoms with Crippen molar-refractivity contribution in [2.24, 2.45) is 0 Å². The molecule has 0 aliphatic carbocycles. The van der Waals surface area contributed by atoms with E-state index in [0.29, 0.717) is 18.2 Å². The molecule has 5 nitrogen and oxygen atoms in total. The Hall–Kier alpha value is -7.25. The third-order valence-electron chi connectivity index (χ3n) is 11.9. The van der Waals surface area contributed by atoms with Gasteiger partial charge in [0.25, 0.3) is 0 Å². The van der Waals surface area contributed by atoms with Crippen LogP contribution < -0.4 is 14.5 Å². The van der Waals surface area contributed by atoms with Crippen molar-refractivity contribution in [3.63, 3.8) is 0 Å². The maximum absolute atomic E-state index is 14.3. The van der Waals surface area contributed by atoms with E-state index in [4.69, 9.17) is 9.72 Å². The number of aromatic nitrogens is 2. The van der Waals surface area contributed by atoms with Crippen molar-refractivity contribution >= 4 is 44.6 Å². The number of ether oxygens (including phenoxy) is 1. The Morgan fingerprint density at radius 1 is 0.613 bits per heavy atom. The Bertz CT molecular complexity index is 3120. The van der Waals surface area contributed by atoms with Crippen LogP contribution in [-0.4, -0.2) is 16.2 Å². The summed E-state index contributed by atoms with van der Waals surface area (Å²) in [6.07, 6.45) is 1.88. The molecule has 0 bridgehead atoms. The Kier molecular flexibility index (Phi) is 9.33. The van der Waals surface area contributed by atoms with Gasteiger partial charge >= 0.3 is 0 Å². The SMILES string of the molecule is [2H]C(C)(C)c1cc(Oc2ccc3c4ccccc4n(-c4cc(C(C)(C)C)ccn4)c3c2)cc(N2CN(c3c(-c4ccc(F)cc4)cccc3-c3ccc(F)cc3)c3ccccc32)c1. The molecule has 0 N–H and O–H groups in total. The molecule has 0 amide bonds. The predicted octanol–water partition coefficient (Wildman–Crippen LogP) is 15.3. The number of halogens is 2. The molecule has 1 aliphatic rings. The molecule has 3 heterocycles. The van der Waals surface area contributed by atoms with Crippen molar-refractivity contribution in [1.29, 1.82) is 0 Å². The van der Waals surface area contributed by atoms with Gasteiger partial charge in [-0.05, 0) is 112 Å². The van der Waals surface area contributed by atoms with E-state index in [-0.39, 0.29) is 17.0 Å². The van der Waals surface area contributed by atoms with E-state index in [1.165, 1.54) is 29.8 Å². The van der Waals surface area contributed by atoms with Crippen LogP contribution in [0.4, 0.5) is 31.5 Å². The molecule has 0 saturated heterocycles. The number of hydrogen-bond acceptors (Lipinski definition) is 4. The van der Waals surface area contributed by atoms with Crippen LogP contribution in [0.15, 0.2) is 170 Å². The molecule has 0 radical (unpaired) electrons. The molecule has 2 aromatic heterocycles. The van der Waals surface area contributed by atoms with Gasteiger partial charge in [-0.2, -0.15) is 0 Å². The molecule has 0 spiro atoms. The molecule has 7 heteroatoms. The number of nitrogens with zero attached hydrogens (tertiary/aromatic N) is 4. The minimum Gasteiger partial charge on any atom is -0.457 e. The van der Waals surface area contributed by atoms with Gasteiger partial charge in [0.2, 0.25) is 0 Å². The zero-order chi connectivity index (χ0) is 43.6. The van der Waals surface area contributed by atoms with Crippen LogP contribution in [0.2, 0.25) is 0 Å². The highest BCUT2D eigenvalue weighted by Gasteiger charge is 2.32. The van der Waals surface area contributed by atoms with E-state index in [0.717, 1.165) is 78.2 Å². The average molecular weight is 818 g/mol. The normalized spacial score (nSPS) is 13.2. The minimum atomic E-state index is -0.946. The maximum Gasteiger partial charge on any atom is 0.137 e. The first-order valence-electron chi connectivity index (χ1n) is 21.4. The number of fused-ring (bicyclic) bond motifs is 4. The van der Waals surface area contributed by atoms with Crippen LogP contribution in [0.5, 0.6) is 11.5 Å². The van der Waals surface area contributed by atoms with Crippen LogP contribution in [-0.2, 0) is 5.41 Å². The second kappa shape index (κ2) is 15.3. The minimum absolute atomic E-state index is 0.0527. The van der Waals surface area contributed by atoms with Crippen molar-refractivity contribution in [1.82, 2.24) is 9.55 Å². The van der Waals surface area contributed by atoms with Crippen molar-refractivity contribution in [3.05, 3.63) is 193 Å². The summed E-state index contributed by atoms with van der Waals surface area (Å²) in [5, 5.41) is 2.22. The van der Waals surface area contributed by atoms with E-state index in [1.807, 2.05) is 68.6 Å². The fourth-order valence-corrected chi connectivity index (χ4v) is 8.68. The van der Waals surface area contributed by atoms with Crippen LogP contribution in [0.25, 0.3) is 49.9 Å². The predicted molar refractivity (Wildman–Crippen MR) is 251 cm³/mol. The van der Waals surface area contributed by atoms with Crippen LogP contribution in [0.1, 0.15) is 53.0 Å². The van der Waals surface area contributed by atoms with E-state index < -0.39 is 5.89 Å². The molecule has 9 aromatic rings. The number of pyridine rings is 1. The fraction of sp³-hybridized carbons (Fsp3) is 0.145. The van der Waals surface area contributed by atoms with E-state index in [9.17, 15) is 10.2 Å². The van der Waals surface area contributed by atoms with Gasteiger partial charge in [0.1, 0.15) is 35.6 Å². The van der Waals surface area contributed by atoms with E-state index in [1.54, 1.807) is 24.3 Å². The maximum atomic E-state index is 14.3. The highest BCUT2D eigenvalue weighted by Crippen LogP contribution is 2.51. The second-order valence-electron chi connectivity index (χ2n) is 17.2. The summed E-state index contributed by atoms with van der Waals surface area (Å²) in [5.41, 5.74) is 11.2. The smallest absolute Gasteiger partial charge is 0.137 e. The van der Waals surface area contributed by atoms with Crippen LogP contribution in [0, 0.1) is 11.6 Å². The molecule has 0 atom stereocenters. The molecule has 0 unspecified atom stereocenters.